The first-order valence-electron chi connectivity index (χ1n) is 4.70. The predicted molar refractivity (Wildman–Crippen MR) is 57.0 cm³/mol. The molecule has 17 heavy (non-hydrogen) atoms. The minimum atomic E-state index is -0.623. The highest BCUT2D eigenvalue weighted by Gasteiger charge is 2.04. The van der Waals surface area contributed by atoms with Gasteiger partial charge in [-0.3, -0.25) is 4.79 Å². The Hall–Kier alpha value is -2.50. The Morgan fingerprint density at radius 3 is 2.59 bits per heavy atom. The van der Waals surface area contributed by atoms with Crippen LogP contribution in [-0.2, 0) is 0 Å². The molecule has 0 aliphatic rings. The quantitative estimate of drug-likeness (QED) is 0.871. The molecule has 0 aliphatic carbocycles. The van der Waals surface area contributed by atoms with Gasteiger partial charge in [-0.2, -0.15) is 0 Å². The van der Waals surface area contributed by atoms with Gasteiger partial charge >= 0.3 is 6.01 Å². The molecular formula is C11H8FN3O2. The van der Waals surface area contributed by atoms with Crippen molar-refractivity contribution >= 4 is 5.91 Å². The van der Waals surface area contributed by atoms with Crippen molar-refractivity contribution < 1.29 is 13.9 Å². The highest BCUT2D eigenvalue weighted by Crippen LogP contribution is 2.17. The summed E-state index contributed by atoms with van der Waals surface area (Å²) in [4.78, 5) is 18.3. The van der Waals surface area contributed by atoms with Gasteiger partial charge in [-0.1, -0.05) is 6.07 Å². The third-order valence-corrected chi connectivity index (χ3v) is 1.92. The Morgan fingerprint density at radius 1 is 1.29 bits per heavy atom. The summed E-state index contributed by atoms with van der Waals surface area (Å²) in [5.74, 6) is -0.768. The van der Waals surface area contributed by atoms with Crippen LogP contribution in [-0.4, -0.2) is 15.9 Å². The van der Waals surface area contributed by atoms with E-state index in [0.29, 0.717) is 0 Å². The van der Waals surface area contributed by atoms with Gasteiger partial charge in [-0.15, -0.1) is 0 Å². The smallest absolute Gasteiger partial charge is 0.321 e. The van der Waals surface area contributed by atoms with E-state index in [-0.39, 0.29) is 17.3 Å². The number of primary amides is 1. The van der Waals surface area contributed by atoms with Gasteiger partial charge in [0.25, 0.3) is 5.91 Å². The van der Waals surface area contributed by atoms with Crippen molar-refractivity contribution in [1.29, 1.82) is 0 Å². The zero-order valence-corrected chi connectivity index (χ0v) is 8.63. The zero-order valence-electron chi connectivity index (χ0n) is 8.63. The minimum Gasteiger partial charge on any atom is -0.424 e. The molecule has 0 fully saturated rings. The second kappa shape index (κ2) is 4.56. The summed E-state index contributed by atoms with van der Waals surface area (Å²) in [6.07, 6.45) is 2.48. The maximum atomic E-state index is 12.9. The maximum Gasteiger partial charge on any atom is 0.321 e. The number of aromatic nitrogens is 2. The van der Waals surface area contributed by atoms with Gasteiger partial charge in [0.1, 0.15) is 11.6 Å². The molecule has 86 valence electrons. The van der Waals surface area contributed by atoms with Gasteiger partial charge in [0.05, 0.1) is 5.56 Å². The molecule has 6 heteroatoms. The normalized spacial score (nSPS) is 9.94. The van der Waals surface area contributed by atoms with Crippen molar-refractivity contribution in [1.82, 2.24) is 9.97 Å². The molecule has 0 radical (unpaired) electrons. The highest BCUT2D eigenvalue weighted by molar-refractivity contribution is 5.92. The number of nitrogens with two attached hydrogens (primary N) is 1. The first-order valence-corrected chi connectivity index (χ1v) is 4.70. The van der Waals surface area contributed by atoms with E-state index < -0.39 is 11.7 Å². The minimum absolute atomic E-state index is 0.0144. The van der Waals surface area contributed by atoms with Crippen LogP contribution in [0.4, 0.5) is 4.39 Å². The summed E-state index contributed by atoms with van der Waals surface area (Å²) >= 11 is 0. The van der Waals surface area contributed by atoms with E-state index in [2.05, 4.69) is 9.97 Å². The molecule has 2 aromatic rings. The molecule has 0 atom stereocenters. The van der Waals surface area contributed by atoms with E-state index in [1.165, 1.54) is 30.6 Å². The van der Waals surface area contributed by atoms with Gasteiger partial charge in [0, 0.05) is 18.5 Å². The lowest BCUT2D eigenvalue weighted by Crippen LogP contribution is -2.11. The van der Waals surface area contributed by atoms with Crippen LogP contribution in [0, 0.1) is 5.82 Å². The van der Waals surface area contributed by atoms with Gasteiger partial charge in [0.15, 0.2) is 0 Å². The number of carbonyl (C=O) groups is 1. The van der Waals surface area contributed by atoms with Crippen LogP contribution in [0.1, 0.15) is 10.4 Å². The third kappa shape index (κ3) is 2.75. The van der Waals surface area contributed by atoms with Crippen LogP contribution in [0.15, 0.2) is 36.7 Å². The molecule has 0 saturated heterocycles. The lowest BCUT2D eigenvalue weighted by Gasteiger charge is -2.03. The van der Waals surface area contributed by atoms with Crippen molar-refractivity contribution in [2.45, 2.75) is 0 Å². The van der Waals surface area contributed by atoms with Crippen molar-refractivity contribution in [2.75, 3.05) is 0 Å². The largest absolute Gasteiger partial charge is 0.424 e. The Morgan fingerprint density at radius 2 is 2.00 bits per heavy atom. The molecule has 0 saturated carbocycles. The lowest BCUT2D eigenvalue weighted by atomic mass is 10.3. The Balaban J connectivity index is 2.16. The van der Waals surface area contributed by atoms with Crippen LogP contribution in [0.25, 0.3) is 0 Å². The molecular weight excluding hydrogens is 225 g/mol. The number of benzene rings is 1. The topological polar surface area (TPSA) is 78.1 Å². The van der Waals surface area contributed by atoms with Crippen LogP contribution >= 0.6 is 0 Å². The molecule has 1 heterocycles. The van der Waals surface area contributed by atoms with Gasteiger partial charge in [-0.05, 0) is 12.1 Å². The van der Waals surface area contributed by atoms with E-state index in [9.17, 15) is 9.18 Å². The van der Waals surface area contributed by atoms with Crippen LogP contribution in [0.5, 0.6) is 11.8 Å². The molecule has 2 rings (SSSR count). The van der Waals surface area contributed by atoms with Crippen LogP contribution in [0.3, 0.4) is 0 Å². The molecule has 0 spiro atoms. The molecule has 2 N–H and O–H groups in total. The zero-order chi connectivity index (χ0) is 12.3. The van der Waals surface area contributed by atoms with Crippen molar-refractivity contribution in [3.63, 3.8) is 0 Å². The monoisotopic (exact) mass is 233 g/mol. The molecule has 0 aliphatic heterocycles. The summed E-state index contributed by atoms with van der Waals surface area (Å²) < 4.78 is 18.0. The third-order valence-electron chi connectivity index (χ3n) is 1.92. The fraction of sp³-hybridized carbons (Fsp3) is 0. The number of amides is 1. The summed E-state index contributed by atoms with van der Waals surface area (Å²) in [6, 6.07) is 5.58. The molecule has 5 nitrogen and oxygen atoms in total. The molecule has 1 aromatic heterocycles. The maximum absolute atomic E-state index is 12.9. The van der Waals surface area contributed by atoms with E-state index in [1.54, 1.807) is 6.07 Å². The van der Waals surface area contributed by atoms with Crippen molar-refractivity contribution in [3.8, 4) is 11.8 Å². The number of halogens is 1. The fourth-order valence-electron chi connectivity index (χ4n) is 1.13. The summed E-state index contributed by atoms with van der Waals surface area (Å²) in [5, 5.41) is 0. The van der Waals surface area contributed by atoms with E-state index in [4.69, 9.17) is 10.5 Å². The summed E-state index contributed by atoms with van der Waals surface area (Å²) in [6.45, 7) is 0. The van der Waals surface area contributed by atoms with Crippen molar-refractivity contribution in [3.05, 3.63) is 48.0 Å². The number of hydrogen-bond donors (Lipinski definition) is 1. The van der Waals surface area contributed by atoms with Crippen LogP contribution in [0.2, 0.25) is 0 Å². The second-order valence-corrected chi connectivity index (χ2v) is 3.18. The van der Waals surface area contributed by atoms with Crippen molar-refractivity contribution in [2.24, 2.45) is 5.73 Å². The lowest BCUT2D eigenvalue weighted by molar-refractivity contribution is 0.0999. The number of nitrogens with zero attached hydrogens (tertiary/aromatic N) is 2. The number of ether oxygens (including phenoxy) is 1. The Bertz CT molecular complexity index is 543. The van der Waals surface area contributed by atoms with E-state index >= 15 is 0 Å². The number of rotatable bonds is 3. The Labute approximate surface area is 96.1 Å². The molecule has 1 aromatic carbocycles. The first-order chi connectivity index (χ1) is 8.15. The first kappa shape index (κ1) is 11.0. The average molecular weight is 233 g/mol. The van der Waals surface area contributed by atoms with Gasteiger partial charge < -0.3 is 10.5 Å². The SMILES string of the molecule is NC(=O)c1cnc(Oc2cccc(F)c2)nc1. The van der Waals surface area contributed by atoms with Gasteiger partial charge in [0.2, 0.25) is 0 Å². The van der Waals surface area contributed by atoms with E-state index in [1.807, 2.05) is 0 Å². The summed E-state index contributed by atoms with van der Waals surface area (Å²) in [7, 11) is 0. The molecule has 0 bridgehead atoms. The Kier molecular flexibility index (Phi) is 2.95. The predicted octanol–water partition coefficient (Wildman–Crippen LogP) is 1.51. The molecule has 1 amide bonds. The number of hydrogen-bond acceptors (Lipinski definition) is 4. The van der Waals surface area contributed by atoms with Crippen LogP contribution < -0.4 is 10.5 Å². The second-order valence-electron chi connectivity index (χ2n) is 3.18. The number of carbonyl (C=O) groups excluding carboxylic acids is 1. The fourth-order valence-corrected chi connectivity index (χ4v) is 1.13. The molecule has 0 unspecified atom stereocenters. The highest BCUT2D eigenvalue weighted by atomic mass is 19.1. The van der Waals surface area contributed by atoms with Gasteiger partial charge in [-0.25, -0.2) is 14.4 Å². The van der Waals surface area contributed by atoms with E-state index in [0.717, 1.165) is 0 Å². The standard InChI is InChI=1S/C11H8FN3O2/c12-8-2-1-3-9(4-8)17-11-14-5-7(6-15-11)10(13)16/h1-6H,(H2,13,16). The average Bonchev–Trinajstić information content (AvgIpc) is 2.29. The summed E-state index contributed by atoms with van der Waals surface area (Å²) in [5.41, 5.74) is 5.20.